The average molecular weight is 478 g/mol. The van der Waals surface area contributed by atoms with E-state index < -0.39 is 9.84 Å². The van der Waals surface area contributed by atoms with E-state index in [-0.39, 0.29) is 11.4 Å². The maximum absolute atomic E-state index is 12.9. The molecule has 1 saturated heterocycles. The van der Waals surface area contributed by atoms with E-state index in [0.717, 1.165) is 70.3 Å². The number of nitrogens with one attached hydrogen (secondary N) is 2. The second kappa shape index (κ2) is 8.37. The predicted molar refractivity (Wildman–Crippen MR) is 132 cm³/mol. The SMILES string of the molecule is Cc1cnc2[nH]c3c(OC[C@H]4CNCCO4)ccc(-c4cccc(S(=O)(=O)C5CC5)c4)c3c2c1. The van der Waals surface area contributed by atoms with Crippen LogP contribution in [0.4, 0.5) is 0 Å². The number of rotatable bonds is 6. The van der Waals surface area contributed by atoms with Crippen LogP contribution in [0.3, 0.4) is 0 Å². The van der Waals surface area contributed by atoms with Gasteiger partial charge in [0.05, 0.1) is 22.3 Å². The fourth-order valence-corrected chi connectivity index (χ4v) is 6.35. The molecule has 176 valence electrons. The number of nitrogens with zero attached hydrogens (tertiary/aromatic N) is 1. The molecular formula is C26H27N3O4S. The molecule has 2 N–H and O–H groups in total. The van der Waals surface area contributed by atoms with Gasteiger partial charge in [-0.2, -0.15) is 0 Å². The molecule has 0 bridgehead atoms. The Hall–Kier alpha value is -2.94. The van der Waals surface area contributed by atoms with E-state index in [1.165, 1.54) is 0 Å². The summed E-state index contributed by atoms with van der Waals surface area (Å²) in [7, 11) is -3.28. The molecule has 2 aromatic carbocycles. The Balaban J connectivity index is 1.47. The highest BCUT2D eigenvalue weighted by Crippen LogP contribution is 2.40. The van der Waals surface area contributed by atoms with E-state index in [0.29, 0.717) is 18.1 Å². The van der Waals surface area contributed by atoms with Gasteiger partial charge in [0.25, 0.3) is 0 Å². The molecule has 7 nitrogen and oxygen atoms in total. The Morgan fingerprint density at radius 2 is 2.06 bits per heavy atom. The second-order valence-corrected chi connectivity index (χ2v) is 11.4. The third kappa shape index (κ3) is 3.85. The van der Waals surface area contributed by atoms with Gasteiger partial charge in [-0.05, 0) is 66.8 Å². The van der Waals surface area contributed by atoms with Crippen LogP contribution >= 0.6 is 0 Å². The van der Waals surface area contributed by atoms with Crippen LogP contribution in [-0.2, 0) is 14.6 Å². The molecule has 1 aliphatic carbocycles. The molecule has 1 saturated carbocycles. The van der Waals surface area contributed by atoms with Crippen LogP contribution in [-0.4, -0.2) is 56.0 Å². The lowest BCUT2D eigenvalue weighted by atomic mass is 9.99. The molecule has 2 aliphatic rings. The Labute approximate surface area is 198 Å². The van der Waals surface area contributed by atoms with Crippen molar-refractivity contribution in [3.05, 3.63) is 54.2 Å². The summed E-state index contributed by atoms with van der Waals surface area (Å²) in [5, 5.41) is 5.05. The Morgan fingerprint density at radius 3 is 2.85 bits per heavy atom. The van der Waals surface area contributed by atoms with Crippen LogP contribution < -0.4 is 10.1 Å². The molecule has 2 aromatic heterocycles. The first-order chi connectivity index (χ1) is 16.5. The van der Waals surface area contributed by atoms with Crippen LogP contribution in [0.25, 0.3) is 33.1 Å². The summed E-state index contributed by atoms with van der Waals surface area (Å²) >= 11 is 0. The summed E-state index contributed by atoms with van der Waals surface area (Å²) in [6.07, 6.45) is 3.33. The summed E-state index contributed by atoms with van der Waals surface area (Å²) < 4.78 is 37.8. The van der Waals surface area contributed by atoms with Gasteiger partial charge >= 0.3 is 0 Å². The molecular weight excluding hydrogens is 450 g/mol. The number of hydrogen-bond donors (Lipinski definition) is 2. The van der Waals surface area contributed by atoms with Crippen molar-refractivity contribution in [2.75, 3.05) is 26.3 Å². The van der Waals surface area contributed by atoms with Gasteiger partial charge < -0.3 is 19.8 Å². The van der Waals surface area contributed by atoms with Crippen molar-refractivity contribution in [2.45, 2.75) is 36.0 Å². The number of aromatic amines is 1. The number of aryl methyl sites for hydroxylation is 1. The van der Waals surface area contributed by atoms with Crippen molar-refractivity contribution < 1.29 is 17.9 Å². The number of ether oxygens (including phenoxy) is 2. The van der Waals surface area contributed by atoms with Gasteiger partial charge in [0.15, 0.2) is 9.84 Å². The molecule has 0 radical (unpaired) electrons. The fourth-order valence-electron chi connectivity index (χ4n) is 4.65. The Kier molecular flexibility index (Phi) is 5.32. The number of benzene rings is 2. The first-order valence-corrected chi connectivity index (χ1v) is 13.3. The highest BCUT2D eigenvalue weighted by atomic mass is 32.2. The van der Waals surface area contributed by atoms with E-state index >= 15 is 0 Å². The number of H-pyrrole nitrogens is 1. The lowest BCUT2D eigenvalue weighted by Gasteiger charge is -2.23. The maximum Gasteiger partial charge on any atom is 0.181 e. The molecule has 2 fully saturated rings. The van der Waals surface area contributed by atoms with E-state index in [1.807, 2.05) is 37.4 Å². The Bertz CT molecular complexity index is 1480. The summed E-state index contributed by atoms with van der Waals surface area (Å²) in [6.45, 7) is 4.76. The van der Waals surface area contributed by atoms with E-state index in [9.17, 15) is 8.42 Å². The summed E-state index contributed by atoms with van der Waals surface area (Å²) in [5.41, 5.74) is 4.49. The molecule has 4 aromatic rings. The molecule has 8 heteroatoms. The van der Waals surface area contributed by atoms with Crippen molar-refractivity contribution in [2.24, 2.45) is 0 Å². The van der Waals surface area contributed by atoms with Crippen LogP contribution in [0.15, 0.2) is 53.6 Å². The highest BCUT2D eigenvalue weighted by Gasteiger charge is 2.37. The summed E-state index contributed by atoms with van der Waals surface area (Å²) in [6, 6.07) is 13.3. The summed E-state index contributed by atoms with van der Waals surface area (Å²) in [5.74, 6) is 0.727. The number of fused-ring (bicyclic) bond motifs is 3. The minimum absolute atomic E-state index is 0.00228. The minimum Gasteiger partial charge on any atom is -0.489 e. The normalized spacial score (nSPS) is 19.0. The zero-order chi connectivity index (χ0) is 23.3. The molecule has 34 heavy (non-hydrogen) atoms. The molecule has 0 amide bonds. The minimum atomic E-state index is -3.28. The largest absolute Gasteiger partial charge is 0.489 e. The van der Waals surface area contributed by atoms with E-state index in [1.54, 1.807) is 12.1 Å². The predicted octanol–water partition coefficient (Wildman–Crippen LogP) is 3.99. The number of sulfone groups is 1. The van der Waals surface area contributed by atoms with Gasteiger partial charge in [-0.25, -0.2) is 13.4 Å². The Morgan fingerprint density at radius 1 is 1.18 bits per heavy atom. The van der Waals surface area contributed by atoms with E-state index in [4.69, 9.17) is 9.47 Å². The first-order valence-electron chi connectivity index (χ1n) is 11.7. The lowest BCUT2D eigenvalue weighted by molar-refractivity contribution is 0.000483. The quantitative estimate of drug-likeness (QED) is 0.436. The summed E-state index contributed by atoms with van der Waals surface area (Å²) in [4.78, 5) is 8.41. The standard InChI is InChI=1S/C26H27N3O4S/c1-16-11-22-24-21(17-3-2-4-20(12-17)34(30,31)19-5-6-19)7-8-23(25(24)29-26(22)28-13-16)33-15-18-14-27-9-10-32-18/h2-4,7-8,11-13,18-19,27H,5-6,9-10,14-15H2,1H3,(H,28,29)/t18-/m1/s1. The topological polar surface area (TPSA) is 93.3 Å². The van der Waals surface area contributed by atoms with Gasteiger partial charge in [-0.1, -0.05) is 12.1 Å². The number of morpholine rings is 1. The zero-order valence-corrected chi connectivity index (χ0v) is 19.8. The van der Waals surface area contributed by atoms with Crippen LogP contribution in [0.2, 0.25) is 0 Å². The van der Waals surface area contributed by atoms with Crippen LogP contribution in [0, 0.1) is 6.92 Å². The van der Waals surface area contributed by atoms with Crippen molar-refractivity contribution in [1.82, 2.24) is 15.3 Å². The van der Waals surface area contributed by atoms with Gasteiger partial charge in [0, 0.05) is 30.1 Å². The van der Waals surface area contributed by atoms with Crippen molar-refractivity contribution >= 4 is 31.8 Å². The van der Waals surface area contributed by atoms with Gasteiger partial charge in [-0.3, -0.25) is 0 Å². The maximum atomic E-state index is 12.9. The van der Waals surface area contributed by atoms with Crippen molar-refractivity contribution in [1.29, 1.82) is 0 Å². The molecule has 3 heterocycles. The molecule has 0 unspecified atom stereocenters. The third-order valence-electron chi connectivity index (χ3n) is 6.57. The smallest absolute Gasteiger partial charge is 0.181 e. The third-order valence-corrected chi connectivity index (χ3v) is 8.83. The molecule has 6 rings (SSSR count). The van der Waals surface area contributed by atoms with Crippen LogP contribution in [0.1, 0.15) is 18.4 Å². The zero-order valence-electron chi connectivity index (χ0n) is 19.0. The average Bonchev–Trinajstić information content (AvgIpc) is 3.66. The number of pyridine rings is 1. The highest BCUT2D eigenvalue weighted by molar-refractivity contribution is 7.92. The second-order valence-electron chi connectivity index (χ2n) is 9.18. The number of aromatic nitrogens is 2. The van der Waals surface area contributed by atoms with Gasteiger partial charge in [0.2, 0.25) is 0 Å². The van der Waals surface area contributed by atoms with Crippen LogP contribution in [0.5, 0.6) is 5.75 Å². The monoisotopic (exact) mass is 477 g/mol. The van der Waals surface area contributed by atoms with Crippen molar-refractivity contribution in [3.63, 3.8) is 0 Å². The van der Waals surface area contributed by atoms with Crippen molar-refractivity contribution in [3.8, 4) is 16.9 Å². The first kappa shape index (κ1) is 21.6. The fraction of sp³-hybridized carbons (Fsp3) is 0.346. The van der Waals surface area contributed by atoms with Gasteiger partial charge in [-0.15, -0.1) is 0 Å². The van der Waals surface area contributed by atoms with Gasteiger partial charge in [0.1, 0.15) is 24.1 Å². The number of hydrogen-bond acceptors (Lipinski definition) is 6. The molecule has 0 spiro atoms. The lowest BCUT2D eigenvalue weighted by Crippen LogP contribution is -2.41. The van der Waals surface area contributed by atoms with E-state index in [2.05, 4.69) is 21.4 Å². The molecule has 1 atom stereocenters. The molecule has 1 aliphatic heterocycles.